The smallest absolute Gasteiger partial charge is 0.404 e. The summed E-state index contributed by atoms with van der Waals surface area (Å²) in [5, 5.41) is 14.1. The van der Waals surface area contributed by atoms with Crippen molar-refractivity contribution >= 4 is 45.0 Å². The third-order valence-corrected chi connectivity index (χ3v) is 4.87. The van der Waals surface area contributed by atoms with Crippen molar-refractivity contribution < 1.29 is 19.1 Å². The predicted octanol–water partition coefficient (Wildman–Crippen LogP) is 2.45. The summed E-state index contributed by atoms with van der Waals surface area (Å²) in [5.74, 6) is -1.27. The zero-order chi connectivity index (χ0) is 20.3. The lowest BCUT2D eigenvalue weighted by Gasteiger charge is -2.35. The third-order valence-electron chi connectivity index (χ3n) is 4.31. The predicted molar refractivity (Wildman–Crippen MR) is 105 cm³/mol. The topological polar surface area (TPSA) is 133 Å². The van der Waals surface area contributed by atoms with Crippen LogP contribution in [0.5, 0.6) is 0 Å². The van der Waals surface area contributed by atoms with Gasteiger partial charge in [0.25, 0.3) is 5.91 Å². The van der Waals surface area contributed by atoms with Gasteiger partial charge in [-0.15, -0.1) is 0 Å². The Hall–Kier alpha value is -2.95. The number of hydrogen-bond acceptors (Lipinski definition) is 6. The van der Waals surface area contributed by atoms with E-state index in [-0.39, 0.29) is 22.0 Å². The summed E-state index contributed by atoms with van der Waals surface area (Å²) in [7, 11) is 0. The second-order valence-electron chi connectivity index (χ2n) is 6.28. The minimum Gasteiger partial charge on any atom is -0.465 e. The number of amides is 2. The number of nitrogen functional groups attached to an aromatic ring is 1. The maximum Gasteiger partial charge on any atom is 0.404 e. The van der Waals surface area contributed by atoms with Gasteiger partial charge in [0.15, 0.2) is 11.5 Å². The van der Waals surface area contributed by atoms with Crippen LogP contribution in [0.1, 0.15) is 23.3 Å². The highest BCUT2D eigenvalue weighted by atomic mass is 79.9. The number of nitrogens with one attached hydrogen (secondary N) is 2. The quantitative estimate of drug-likeness (QED) is 0.523. The van der Waals surface area contributed by atoms with Gasteiger partial charge in [-0.2, -0.15) is 0 Å². The monoisotopic (exact) mass is 452 g/mol. The van der Waals surface area contributed by atoms with Gasteiger partial charge in [0.05, 0.1) is 23.3 Å². The van der Waals surface area contributed by atoms with Crippen molar-refractivity contribution in [3.8, 4) is 0 Å². The van der Waals surface area contributed by atoms with Crippen LogP contribution in [0.15, 0.2) is 29.1 Å². The molecule has 1 saturated heterocycles. The highest BCUT2D eigenvalue weighted by molar-refractivity contribution is 9.10. The number of halogens is 2. The Morgan fingerprint density at radius 1 is 1.43 bits per heavy atom. The Kier molecular flexibility index (Phi) is 5.93. The van der Waals surface area contributed by atoms with Crippen LogP contribution in [0.2, 0.25) is 0 Å². The highest BCUT2D eigenvalue weighted by Crippen LogP contribution is 2.28. The molecule has 11 heteroatoms. The number of nitrogens with two attached hydrogens (primary N) is 1. The van der Waals surface area contributed by atoms with E-state index in [2.05, 4.69) is 36.5 Å². The average molecular weight is 453 g/mol. The SMILES string of the molecule is Nc1cc(F)c(Br)nc1C(=O)Nc1cnccc1N1CCC[C@H](NC(=O)O)C1. The number of nitrogens with zero attached hydrogens (tertiary/aromatic N) is 3. The second-order valence-corrected chi connectivity index (χ2v) is 7.03. The van der Waals surface area contributed by atoms with Crippen molar-refractivity contribution in [3.05, 3.63) is 40.6 Å². The Morgan fingerprint density at radius 2 is 2.21 bits per heavy atom. The Bertz CT molecular complexity index is 912. The largest absolute Gasteiger partial charge is 0.465 e. The average Bonchev–Trinajstić information content (AvgIpc) is 2.64. The van der Waals surface area contributed by atoms with E-state index in [0.29, 0.717) is 24.5 Å². The number of carbonyl (C=O) groups is 2. The molecule has 0 unspecified atom stereocenters. The maximum absolute atomic E-state index is 13.5. The lowest BCUT2D eigenvalue weighted by molar-refractivity contribution is 0.102. The van der Waals surface area contributed by atoms with E-state index in [1.165, 1.54) is 6.20 Å². The van der Waals surface area contributed by atoms with E-state index in [1.807, 2.05) is 4.90 Å². The first kappa shape index (κ1) is 19.8. The van der Waals surface area contributed by atoms with E-state index < -0.39 is 17.8 Å². The Morgan fingerprint density at radius 3 is 2.96 bits per heavy atom. The zero-order valence-electron chi connectivity index (χ0n) is 14.7. The van der Waals surface area contributed by atoms with Crippen LogP contribution in [0.25, 0.3) is 0 Å². The van der Waals surface area contributed by atoms with Crippen LogP contribution in [-0.4, -0.2) is 46.2 Å². The highest BCUT2D eigenvalue weighted by Gasteiger charge is 2.24. The first-order valence-electron chi connectivity index (χ1n) is 8.46. The van der Waals surface area contributed by atoms with Gasteiger partial charge in [0.1, 0.15) is 4.60 Å². The molecule has 2 aromatic rings. The van der Waals surface area contributed by atoms with E-state index >= 15 is 0 Å². The van der Waals surface area contributed by atoms with Crippen molar-refractivity contribution in [1.29, 1.82) is 0 Å². The molecule has 28 heavy (non-hydrogen) atoms. The Labute approximate surface area is 168 Å². The van der Waals surface area contributed by atoms with Crippen LogP contribution in [-0.2, 0) is 0 Å². The van der Waals surface area contributed by atoms with Crippen molar-refractivity contribution in [1.82, 2.24) is 15.3 Å². The van der Waals surface area contributed by atoms with Crippen molar-refractivity contribution in [2.75, 3.05) is 29.0 Å². The molecule has 0 saturated carbocycles. The number of carboxylic acid groups (broad SMARTS) is 1. The molecule has 9 nitrogen and oxygen atoms in total. The van der Waals surface area contributed by atoms with Gasteiger partial charge in [-0.25, -0.2) is 14.2 Å². The van der Waals surface area contributed by atoms with E-state index in [0.717, 1.165) is 18.9 Å². The lowest BCUT2D eigenvalue weighted by atomic mass is 10.0. The summed E-state index contributed by atoms with van der Waals surface area (Å²) in [6.07, 6.45) is 3.52. The summed E-state index contributed by atoms with van der Waals surface area (Å²) < 4.78 is 13.4. The first-order valence-corrected chi connectivity index (χ1v) is 9.25. The Balaban J connectivity index is 1.82. The summed E-state index contributed by atoms with van der Waals surface area (Å²) >= 11 is 2.94. The fourth-order valence-corrected chi connectivity index (χ4v) is 3.38. The van der Waals surface area contributed by atoms with Gasteiger partial charge in [-0.3, -0.25) is 9.78 Å². The number of piperidine rings is 1. The van der Waals surface area contributed by atoms with Crippen molar-refractivity contribution in [2.24, 2.45) is 0 Å². The van der Waals surface area contributed by atoms with Gasteiger partial charge in [0.2, 0.25) is 0 Å². The molecular formula is C17H18BrFN6O3. The van der Waals surface area contributed by atoms with Crippen LogP contribution >= 0.6 is 15.9 Å². The molecular weight excluding hydrogens is 435 g/mol. The summed E-state index contributed by atoms with van der Waals surface area (Å²) in [6.45, 7) is 1.16. The number of pyridine rings is 2. The normalized spacial score (nSPS) is 16.5. The van der Waals surface area contributed by atoms with E-state index in [1.54, 1.807) is 12.3 Å². The number of carbonyl (C=O) groups excluding carboxylic acids is 1. The van der Waals surface area contributed by atoms with E-state index in [4.69, 9.17) is 10.8 Å². The molecule has 0 aromatic carbocycles. The van der Waals surface area contributed by atoms with Crippen LogP contribution < -0.4 is 21.3 Å². The van der Waals surface area contributed by atoms with Crippen LogP contribution in [0.3, 0.4) is 0 Å². The van der Waals surface area contributed by atoms with Crippen LogP contribution in [0, 0.1) is 5.82 Å². The van der Waals surface area contributed by atoms with Gasteiger partial charge in [-0.1, -0.05) is 0 Å². The number of aromatic nitrogens is 2. The minimum absolute atomic E-state index is 0.0904. The number of hydrogen-bond donors (Lipinski definition) is 4. The van der Waals surface area contributed by atoms with E-state index in [9.17, 15) is 14.0 Å². The number of rotatable bonds is 4. The molecule has 0 radical (unpaired) electrons. The molecule has 2 amide bonds. The molecule has 1 aliphatic heterocycles. The summed E-state index contributed by atoms with van der Waals surface area (Å²) in [6, 6.07) is 2.53. The van der Waals surface area contributed by atoms with Gasteiger partial charge in [-0.05, 0) is 34.8 Å². The molecule has 148 valence electrons. The maximum atomic E-state index is 13.5. The fraction of sp³-hybridized carbons (Fsp3) is 0.294. The molecule has 0 spiro atoms. The van der Waals surface area contributed by atoms with Gasteiger partial charge in [0, 0.05) is 31.4 Å². The van der Waals surface area contributed by atoms with Crippen molar-refractivity contribution in [2.45, 2.75) is 18.9 Å². The summed E-state index contributed by atoms with van der Waals surface area (Å²) in [5.41, 5.74) is 6.62. The molecule has 1 aliphatic rings. The first-order chi connectivity index (χ1) is 13.3. The molecule has 0 bridgehead atoms. The summed E-state index contributed by atoms with van der Waals surface area (Å²) in [4.78, 5) is 33.4. The van der Waals surface area contributed by atoms with Gasteiger partial charge >= 0.3 is 6.09 Å². The lowest BCUT2D eigenvalue weighted by Crippen LogP contribution is -2.47. The van der Waals surface area contributed by atoms with Crippen LogP contribution in [0.4, 0.5) is 26.2 Å². The molecule has 3 rings (SSSR count). The molecule has 3 heterocycles. The van der Waals surface area contributed by atoms with Crippen molar-refractivity contribution in [3.63, 3.8) is 0 Å². The number of anilines is 3. The second kappa shape index (κ2) is 8.38. The molecule has 0 aliphatic carbocycles. The fourth-order valence-electron chi connectivity index (χ4n) is 3.09. The third kappa shape index (κ3) is 4.47. The molecule has 5 N–H and O–H groups in total. The zero-order valence-corrected chi connectivity index (χ0v) is 16.2. The molecule has 1 atom stereocenters. The van der Waals surface area contributed by atoms with Gasteiger partial charge < -0.3 is 26.4 Å². The standard InChI is InChI=1S/C17H18BrFN6O3/c18-15-10(19)6-11(20)14(24-15)16(26)23-12-7-21-4-3-13(12)25-5-1-2-9(8-25)22-17(27)28/h3-4,6-7,9,22H,1-2,5,8,20H2,(H,23,26)(H,27,28)/t9-/m0/s1. The minimum atomic E-state index is -1.07. The molecule has 1 fully saturated rings. The molecule has 2 aromatic heterocycles.